The molecule has 2 rings (SSSR count). The summed E-state index contributed by atoms with van der Waals surface area (Å²) in [5.41, 5.74) is 2.20. The number of benzene rings is 1. The third-order valence-electron chi connectivity index (χ3n) is 4.45. The number of carbonyl (C=O) groups excluding carboxylic acids is 2. The number of hydrogen-bond acceptors (Lipinski definition) is 5. The maximum Gasteiger partial charge on any atom is 0.410 e. The normalized spacial score (nSPS) is 15.7. The van der Waals surface area contributed by atoms with Gasteiger partial charge in [0.25, 0.3) is 0 Å². The highest BCUT2D eigenvalue weighted by Crippen LogP contribution is 2.28. The summed E-state index contributed by atoms with van der Waals surface area (Å²) < 4.78 is 40.1. The summed E-state index contributed by atoms with van der Waals surface area (Å²) >= 11 is 0. The van der Waals surface area contributed by atoms with Crippen LogP contribution < -0.4 is 10.2 Å². The number of ether oxygens (including phenoxy) is 2. The minimum Gasteiger partial charge on any atom is -0.484 e. The van der Waals surface area contributed by atoms with Gasteiger partial charge >= 0.3 is 6.09 Å². The quantitative estimate of drug-likeness (QED) is 0.407. The van der Waals surface area contributed by atoms with Crippen molar-refractivity contribution >= 4 is 18.2 Å². The first-order chi connectivity index (χ1) is 14.1. The van der Waals surface area contributed by atoms with Crippen LogP contribution in [0, 0.1) is 11.6 Å². The highest BCUT2D eigenvalue weighted by molar-refractivity contribution is 6.00. The molecule has 1 aromatic carbocycles. The second-order valence-corrected chi connectivity index (χ2v) is 8.11. The molecule has 1 fully saturated rings. The number of piperidine rings is 1. The fraction of sp³-hybridized carbons (Fsp3) is 0.571. The van der Waals surface area contributed by atoms with Crippen molar-refractivity contribution in [1.82, 2.24) is 10.3 Å². The van der Waals surface area contributed by atoms with Gasteiger partial charge in [0.05, 0.1) is 5.71 Å². The molecule has 7 nitrogen and oxygen atoms in total. The van der Waals surface area contributed by atoms with Crippen LogP contribution >= 0.6 is 0 Å². The molecule has 1 heterocycles. The molecule has 1 saturated heterocycles. The SMILES string of the molecule is CCC/C(=N\NC=O)c1cc(F)c(OC2CCN(C(=O)OC(C)(C)C)CC2)c(F)c1. The van der Waals surface area contributed by atoms with Crippen molar-refractivity contribution in [3.05, 3.63) is 29.3 Å². The second kappa shape index (κ2) is 10.4. The lowest BCUT2D eigenvalue weighted by molar-refractivity contribution is -0.109. The van der Waals surface area contributed by atoms with E-state index in [-0.39, 0.29) is 5.56 Å². The van der Waals surface area contributed by atoms with Crippen molar-refractivity contribution in [3.8, 4) is 5.75 Å². The van der Waals surface area contributed by atoms with E-state index >= 15 is 0 Å². The number of rotatable bonds is 7. The Morgan fingerprint density at radius 2 is 1.87 bits per heavy atom. The lowest BCUT2D eigenvalue weighted by atomic mass is 10.0. The Hall–Kier alpha value is -2.71. The predicted octanol–water partition coefficient (Wildman–Crippen LogP) is 3.99. The molecule has 1 aliphatic rings. The van der Waals surface area contributed by atoms with Crippen LogP contribution in [0.1, 0.15) is 58.9 Å². The van der Waals surface area contributed by atoms with Crippen LogP contribution in [0.2, 0.25) is 0 Å². The Labute approximate surface area is 175 Å². The van der Waals surface area contributed by atoms with E-state index < -0.39 is 35.2 Å². The summed E-state index contributed by atoms with van der Waals surface area (Å²) in [6.45, 7) is 8.03. The van der Waals surface area contributed by atoms with Gasteiger partial charge in [-0.2, -0.15) is 5.10 Å². The number of likely N-dealkylation sites (tertiary alicyclic amines) is 1. The third-order valence-corrected chi connectivity index (χ3v) is 4.45. The number of nitrogens with zero attached hydrogens (tertiary/aromatic N) is 2. The summed E-state index contributed by atoms with van der Waals surface area (Å²) in [5, 5.41) is 3.85. The van der Waals surface area contributed by atoms with E-state index in [1.54, 1.807) is 25.7 Å². The van der Waals surface area contributed by atoms with Gasteiger partial charge in [-0.1, -0.05) is 13.3 Å². The van der Waals surface area contributed by atoms with Crippen molar-refractivity contribution < 1.29 is 27.8 Å². The number of nitrogens with one attached hydrogen (secondary N) is 1. The number of hydrazone groups is 1. The van der Waals surface area contributed by atoms with Crippen molar-refractivity contribution in [2.45, 2.75) is 65.1 Å². The first-order valence-corrected chi connectivity index (χ1v) is 10.0. The minimum absolute atomic E-state index is 0.244. The highest BCUT2D eigenvalue weighted by atomic mass is 19.1. The van der Waals surface area contributed by atoms with Crippen LogP contribution in [-0.2, 0) is 9.53 Å². The van der Waals surface area contributed by atoms with E-state index in [0.717, 1.165) is 12.1 Å². The Bertz CT molecular complexity index is 762. The zero-order valence-electron chi connectivity index (χ0n) is 17.8. The molecule has 0 radical (unpaired) electrons. The summed E-state index contributed by atoms with van der Waals surface area (Å²) in [6, 6.07) is 2.30. The minimum atomic E-state index is -0.838. The number of halogens is 2. The Balaban J connectivity index is 2.04. The van der Waals surface area contributed by atoms with E-state index in [0.29, 0.717) is 50.9 Å². The van der Waals surface area contributed by atoms with Crippen molar-refractivity contribution in [2.75, 3.05) is 13.1 Å². The van der Waals surface area contributed by atoms with E-state index in [2.05, 4.69) is 10.5 Å². The molecule has 0 atom stereocenters. The molecule has 9 heteroatoms. The van der Waals surface area contributed by atoms with Gasteiger partial charge in [0.1, 0.15) is 11.7 Å². The van der Waals surface area contributed by atoms with Crippen LogP contribution in [0.15, 0.2) is 17.2 Å². The monoisotopic (exact) mass is 425 g/mol. The van der Waals surface area contributed by atoms with Crippen molar-refractivity contribution in [2.24, 2.45) is 5.10 Å². The molecule has 0 unspecified atom stereocenters. The number of hydrogen-bond donors (Lipinski definition) is 1. The lowest BCUT2D eigenvalue weighted by Gasteiger charge is -2.33. The van der Waals surface area contributed by atoms with Gasteiger partial charge in [-0.3, -0.25) is 4.79 Å². The summed E-state index contributed by atoms with van der Waals surface area (Å²) in [4.78, 5) is 24.2. The zero-order valence-corrected chi connectivity index (χ0v) is 17.8. The van der Waals surface area contributed by atoms with Gasteiger partial charge in [-0.25, -0.2) is 19.0 Å². The van der Waals surface area contributed by atoms with E-state index in [1.807, 2.05) is 6.92 Å². The molecule has 0 aromatic heterocycles. The van der Waals surface area contributed by atoms with Gasteiger partial charge in [-0.15, -0.1) is 0 Å². The Morgan fingerprint density at radius 3 is 2.37 bits per heavy atom. The first-order valence-electron chi connectivity index (χ1n) is 10.0. The fourth-order valence-corrected chi connectivity index (χ4v) is 3.09. The molecule has 0 bridgehead atoms. The molecule has 1 aromatic rings. The average molecular weight is 425 g/mol. The van der Waals surface area contributed by atoms with E-state index in [9.17, 15) is 18.4 Å². The van der Waals surface area contributed by atoms with Gasteiger partial charge in [-0.05, 0) is 39.3 Å². The van der Waals surface area contributed by atoms with Crippen LogP contribution in [0.3, 0.4) is 0 Å². The molecule has 1 N–H and O–H groups in total. The molecule has 166 valence electrons. The molecule has 1 aliphatic heterocycles. The van der Waals surface area contributed by atoms with Gasteiger partial charge in [0, 0.05) is 31.5 Å². The van der Waals surface area contributed by atoms with Crippen molar-refractivity contribution in [1.29, 1.82) is 0 Å². The average Bonchev–Trinajstić information content (AvgIpc) is 2.67. The molecule has 2 amide bonds. The summed E-state index contributed by atoms with van der Waals surface area (Å²) in [7, 11) is 0. The predicted molar refractivity (Wildman–Crippen MR) is 108 cm³/mol. The number of amides is 2. The maximum absolute atomic E-state index is 14.6. The van der Waals surface area contributed by atoms with Crippen LogP contribution in [0.25, 0.3) is 0 Å². The second-order valence-electron chi connectivity index (χ2n) is 8.11. The molecule has 0 aliphatic carbocycles. The highest BCUT2D eigenvalue weighted by Gasteiger charge is 2.29. The van der Waals surface area contributed by atoms with Gasteiger partial charge in [0.2, 0.25) is 6.41 Å². The smallest absolute Gasteiger partial charge is 0.410 e. The molecular formula is C21H29F2N3O4. The largest absolute Gasteiger partial charge is 0.484 e. The van der Waals surface area contributed by atoms with Crippen LogP contribution in [0.5, 0.6) is 5.75 Å². The molecule has 0 spiro atoms. The Morgan fingerprint density at radius 1 is 1.27 bits per heavy atom. The topological polar surface area (TPSA) is 80.2 Å². The molecular weight excluding hydrogens is 396 g/mol. The number of carbonyl (C=O) groups is 2. The fourth-order valence-electron chi connectivity index (χ4n) is 3.09. The van der Waals surface area contributed by atoms with Crippen LogP contribution in [0.4, 0.5) is 13.6 Å². The summed E-state index contributed by atoms with van der Waals surface area (Å²) in [6.07, 6.45) is 1.58. The third kappa shape index (κ3) is 6.67. The first kappa shape index (κ1) is 23.6. The molecule has 0 saturated carbocycles. The Kier molecular flexibility index (Phi) is 8.14. The zero-order chi connectivity index (χ0) is 22.3. The van der Waals surface area contributed by atoms with Crippen molar-refractivity contribution in [3.63, 3.8) is 0 Å². The molecule has 30 heavy (non-hydrogen) atoms. The summed E-state index contributed by atoms with van der Waals surface area (Å²) in [5.74, 6) is -2.13. The standard InChI is InChI=1S/C21H29F2N3O4/c1-5-6-18(25-24-13-27)14-11-16(22)19(17(23)12-14)29-15-7-9-26(10-8-15)20(28)30-21(2,3)4/h11-13,15H,5-10H2,1-4H3,(H,24,27)/b25-18+. The van der Waals surface area contributed by atoms with E-state index in [4.69, 9.17) is 9.47 Å². The van der Waals surface area contributed by atoms with Gasteiger partial charge in [0.15, 0.2) is 17.4 Å². The van der Waals surface area contributed by atoms with Crippen LogP contribution in [-0.4, -0.2) is 47.9 Å². The van der Waals surface area contributed by atoms with Gasteiger partial charge < -0.3 is 14.4 Å². The maximum atomic E-state index is 14.6. The lowest BCUT2D eigenvalue weighted by Crippen LogP contribution is -2.44. The van der Waals surface area contributed by atoms with E-state index in [1.165, 1.54) is 0 Å².